The number of carboxylic acid groups (broad SMARTS) is 1. The third-order valence-electron chi connectivity index (χ3n) is 18.5. The van der Waals surface area contributed by atoms with E-state index in [1.807, 2.05) is 5.32 Å². The van der Waals surface area contributed by atoms with E-state index in [2.05, 4.69) is 58.2 Å². The average molecular weight is 1570 g/mol. The Labute approximate surface area is 636 Å². The van der Waals surface area contributed by atoms with Gasteiger partial charge in [-0.3, -0.25) is 57.7 Å². The number of aliphatic imine (C=N–C) groups is 1. The minimum absolute atomic E-state index is 0.0101. The second-order valence-electron chi connectivity index (χ2n) is 29.7. The zero-order valence-corrected chi connectivity index (χ0v) is 63.9. The molecule has 110 heavy (non-hydrogen) atoms. The summed E-state index contributed by atoms with van der Waals surface area (Å²) in [6.45, 7) is 13.2. The van der Waals surface area contributed by atoms with Crippen molar-refractivity contribution < 1.29 is 115 Å². The van der Waals surface area contributed by atoms with Gasteiger partial charge in [-0.2, -0.15) is 13.2 Å². The number of carbonyl (C=O) groups excluding carboxylic acids is 13. The molecule has 2 aliphatic carbocycles. The van der Waals surface area contributed by atoms with Crippen molar-refractivity contribution in [2.45, 2.75) is 269 Å². The molecule has 0 radical (unpaired) electrons. The first-order valence-corrected chi connectivity index (χ1v) is 36.9. The highest BCUT2D eigenvalue weighted by molar-refractivity contribution is 6.00. The number of aliphatic carboxylic acids is 1. The van der Waals surface area contributed by atoms with Gasteiger partial charge in [0.25, 0.3) is 0 Å². The van der Waals surface area contributed by atoms with Crippen molar-refractivity contribution in [2.75, 3.05) is 19.7 Å². The van der Waals surface area contributed by atoms with Crippen LogP contribution in [0.3, 0.4) is 0 Å². The van der Waals surface area contributed by atoms with Crippen molar-refractivity contribution in [1.29, 1.82) is 0 Å². The van der Waals surface area contributed by atoms with Crippen LogP contribution in [0.1, 0.15) is 184 Å². The van der Waals surface area contributed by atoms with Crippen LogP contribution in [0.15, 0.2) is 35.3 Å². The van der Waals surface area contributed by atoms with E-state index < -0.39 is 211 Å². The summed E-state index contributed by atoms with van der Waals surface area (Å²) in [5.74, 6) is -20.0. The number of rotatable bonds is 24. The molecule has 4 rings (SSSR count). The van der Waals surface area contributed by atoms with Gasteiger partial charge in [-0.05, 0) is 95.0 Å². The van der Waals surface area contributed by atoms with E-state index in [0.29, 0.717) is 12.8 Å². The van der Waals surface area contributed by atoms with Gasteiger partial charge in [-0.25, -0.2) is 14.4 Å². The Balaban J connectivity index is 0.00000426. The maximum atomic E-state index is 15.8. The van der Waals surface area contributed by atoms with Gasteiger partial charge in [0.1, 0.15) is 60.0 Å². The van der Waals surface area contributed by atoms with E-state index in [-0.39, 0.29) is 68.4 Å². The average Bonchev–Trinajstić information content (AvgIpc) is 0.810. The number of esters is 1. The molecule has 0 aromatic heterocycles. The molecule has 15 atom stereocenters. The standard InChI is InChI=1S/C69H113N15O19.C2HF3O2/c1-11-37(6)48-62(96)82-49(38(7)86)61(95)74-33-47(87)80-51(54(89)56(70)90)64(98)78-46(34-85)66(100)102-55(41-26-19-14-20-27-41)52(65(99)83-50(53(88)36(4)5)63(97)77-43(30-35(2)3)58(92)75-42(57(91)81-48)28-21-29-73-67(71)72)84-60(94)44(31-39-22-15-12-16-23-39)76-59(93)45(32-40-24-17-13-18-25-40)79-68(101)103-69(8,9)10;3-2(4,5)1(6)7/h14,19-20,26-27,35-40,42-46,48-55,85-86,88-89H,11-13,15-18,21-25,28-34H2,1-10H3,(H2,70,90)(H,74,95)(H,75,92)(H,76,93)(H,77,97)(H,78,98)(H,79,101)(H,80,87)(H,81,91)(H,82,96)(H,83,99)(H,84,94)(H4,71,72,73);(H,6,7)/t37-,38-,42+,43-,44-,45+,46-,48-,49-,50-,51-,52-,53+,54-,55+;/m0./s1. The summed E-state index contributed by atoms with van der Waals surface area (Å²) >= 11 is 0. The van der Waals surface area contributed by atoms with Gasteiger partial charge in [0.15, 0.2) is 24.2 Å². The van der Waals surface area contributed by atoms with Gasteiger partial charge in [0.2, 0.25) is 65.0 Å². The quantitative estimate of drug-likeness (QED) is 0.0245. The highest BCUT2D eigenvalue weighted by atomic mass is 19.4. The van der Waals surface area contributed by atoms with Crippen LogP contribution in [-0.4, -0.2) is 225 Å². The van der Waals surface area contributed by atoms with Crippen molar-refractivity contribution in [2.24, 2.45) is 51.8 Å². The highest BCUT2D eigenvalue weighted by Crippen LogP contribution is 2.31. The normalized spacial score (nSPS) is 24.3. The molecule has 1 heterocycles. The second kappa shape index (κ2) is 45.6. The van der Waals surface area contributed by atoms with Crippen molar-refractivity contribution in [3.63, 3.8) is 0 Å². The number of carboxylic acids is 1. The van der Waals surface area contributed by atoms with Crippen LogP contribution in [0.5, 0.6) is 0 Å². The summed E-state index contributed by atoms with van der Waals surface area (Å²) in [4.78, 5) is 201. The van der Waals surface area contributed by atoms with Gasteiger partial charge in [-0.1, -0.05) is 143 Å². The van der Waals surface area contributed by atoms with Crippen LogP contribution in [0.4, 0.5) is 18.0 Å². The van der Waals surface area contributed by atoms with Crippen molar-refractivity contribution in [3.05, 3.63) is 35.9 Å². The lowest BCUT2D eigenvalue weighted by atomic mass is 9.83. The van der Waals surface area contributed by atoms with E-state index in [9.17, 15) is 81.5 Å². The fourth-order valence-corrected chi connectivity index (χ4v) is 12.4. The topological polar surface area (TPSA) is 581 Å². The number of halogens is 3. The maximum Gasteiger partial charge on any atom is 0.490 e. The Hall–Kier alpha value is -9.50. The van der Waals surface area contributed by atoms with Crippen LogP contribution >= 0.6 is 0 Å². The first kappa shape index (κ1) is 94.7. The number of alkyl halides is 3. The predicted molar refractivity (Wildman–Crippen MR) is 389 cm³/mol. The zero-order chi connectivity index (χ0) is 83.1. The molecule has 620 valence electrons. The first-order valence-electron chi connectivity index (χ1n) is 36.9. The summed E-state index contributed by atoms with van der Waals surface area (Å²) in [5, 5.41) is 79.1. The Morgan fingerprint density at radius 1 is 0.627 bits per heavy atom. The number of benzene rings is 1. The van der Waals surface area contributed by atoms with E-state index in [4.69, 9.17) is 36.6 Å². The number of guanidine groups is 1. The van der Waals surface area contributed by atoms with Gasteiger partial charge in [-0.15, -0.1) is 0 Å². The summed E-state index contributed by atoms with van der Waals surface area (Å²) < 4.78 is 43.4. The number of aliphatic hydroxyl groups is 4. The first-order chi connectivity index (χ1) is 51.4. The van der Waals surface area contributed by atoms with Crippen molar-refractivity contribution in [1.82, 2.24) is 58.5 Å². The van der Waals surface area contributed by atoms with Crippen LogP contribution in [0, 0.1) is 29.6 Å². The number of ether oxygens (including phenoxy) is 2. The molecular formula is C71H114F3N15O21. The molecule has 1 saturated heterocycles. The smallest absolute Gasteiger partial charge is 0.475 e. The molecule has 2 saturated carbocycles. The Kier molecular flexibility index (Phi) is 39.3. The Bertz CT molecular complexity index is 3290. The molecule has 0 spiro atoms. The van der Waals surface area contributed by atoms with E-state index in [0.717, 1.165) is 58.3 Å². The van der Waals surface area contributed by atoms with Gasteiger partial charge < -0.3 is 111 Å². The number of amides is 12. The van der Waals surface area contributed by atoms with Gasteiger partial charge in [0, 0.05) is 6.54 Å². The molecule has 22 N–H and O–H groups in total. The molecule has 12 amide bonds. The van der Waals surface area contributed by atoms with Crippen molar-refractivity contribution in [3.8, 4) is 0 Å². The summed E-state index contributed by atoms with van der Waals surface area (Å²) in [7, 11) is 0. The molecule has 39 heteroatoms. The zero-order valence-electron chi connectivity index (χ0n) is 63.9. The SMILES string of the molecule is CC[C@H](C)[C@@H]1NC(=O)[C@@H](CCCN=C(N)N)NC(=O)[C@H](CC(C)C)NC(=O)[C@H]([C@H](O)C(C)C)NC(=O)[C@@H](NC(=O)[C@H](CC2CCCCC2)NC(=O)[C@@H](CC2CCCCC2)NC(=O)OC(C)(C)C)[C@@H](c2ccccc2)OC(=O)[C@H](CO)NC(=O)[C@H]([C@H](O)C(N)=O)NC(=O)CNC(=O)[C@H]([C@H](C)O)NC1=O.O=C(O)C(F)(F)F. The summed E-state index contributed by atoms with van der Waals surface area (Å²) in [6, 6.07) is -11.1. The Morgan fingerprint density at radius 3 is 1.62 bits per heavy atom. The predicted octanol–water partition coefficient (Wildman–Crippen LogP) is -1.39. The van der Waals surface area contributed by atoms with E-state index >= 15 is 14.4 Å². The highest BCUT2D eigenvalue weighted by Gasteiger charge is 2.45. The third-order valence-corrected chi connectivity index (χ3v) is 18.5. The number of alkyl carbamates (subject to hydrolysis) is 1. The van der Waals surface area contributed by atoms with E-state index in [1.54, 1.807) is 48.5 Å². The van der Waals surface area contributed by atoms with E-state index in [1.165, 1.54) is 44.2 Å². The molecule has 3 aliphatic rings. The molecular weight excluding hydrogens is 1460 g/mol. The van der Waals surface area contributed by atoms with Gasteiger partial charge in [0.05, 0.1) is 25.4 Å². The van der Waals surface area contributed by atoms with Crippen LogP contribution in [0.2, 0.25) is 0 Å². The number of cyclic esters (lactones) is 1. The van der Waals surface area contributed by atoms with Crippen molar-refractivity contribution >= 4 is 89.0 Å². The summed E-state index contributed by atoms with van der Waals surface area (Å²) in [6.07, 6.45) is -6.28. The van der Waals surface area contributed by atoms with Crippen LogP contribution < -0.4 is 75.7 Å². The number of nitrogens with two attached hydrogens (primary N) is 3. The van der Waals surface area contributed by atoms with Crippen LogP contribution in [0.25, 0.3) is 0 Å². The molecule has 1 aromatic rings. The number of hydrogen-bond donors (Lipinski definition) is 19. The largest absolute Gasteiger partial charge is 0.490 e. The summed E-state index contributed by atoms with van der Waals surface area (Å²) in [5.41, 5.74) is 15.5. The lowest BCUT2D eigenvalue weighted by molar-refractivity contribution is -0.192. The molecule has 0 unspecified atom stereocenters. The molecule has 1 aliphatic heterocycles. The number of aliphatic hydroxyl groups excluding tert-OH is 4. The number of nitrogens with zero attached hydrogens (tertiary/aromatic N) is 1. The lowest BCUT2D eigenvalue weighted by Gasteiger charge is -2.34. The Morgan fingerprint density at radius 2 is 1.13 bits per heavy atom. The lowest BCUT2D eigenvalue weighted by Crippen LogP contribution is -2.64. The minimum Gasteiger partial charge on any atom is -0.475 e. The maximum absolute atomic E-state index is 15.8. The van der Waals surface area contributed by atoms with Gasteiger partial charge >= 0.3 is 24.2 Å². The molecule has 1 aromatic carbocycles. The fourth-order valence-electron chi connectivity index (χ4n) is 12.4. The third kappa shape index (κ3) is 32.6. The number of carbonyl (C=O) groups is 14. The molecule has 3 fully saturated rings. The fraction of sp³-hybridized carbons (Fsp3) is 0.704. The molecule has 0 bridgehead atoms. The molecule has 36 nitrogen and oxygen atoms in total. The minimum atomic E-state index is -5.08. The monoisotopic (exact) mass is 1570 g/mol. The number of nitrogens with one attached hydrogen (secondary N) is 11. The number of hydrogen-bond acceptors (Lipinski definition) is 21. The van der Waals surface area contributed by atoms with Crippen LogP contribution in [-0.2, 0) is 71.8 Å². The number of primary amides is 1. The second-order valence-corrected chi connectivity index (χ2v) is 29.7.